The van der Waals surface area contributed by atoms with Gasteiger partial charge in [0.15, 0.2) is 0 Å². The molecule has 26 heavy (non-hydrogen) atoms. The van der Waals surface area contributed by atoms with E-state index in [1.165, 1.54) is 12.5 Å². The highest BCUT2D eigenvalue weighted by molar-refractivity contribution is 5.90. The molecule has 6 heteroatoms. The van der Waals surface area contributed by atoms with E-state index in [-0.39, 0.29) is 13.2 Å². The van der Waals surface area contributed by atoms with E-state index in [1.807, 2.05) is 24.3 Å². The molecule has 0 fully saturated rings. The number of esters is 2. The molecule has 2 heterocycles. The molecule has 3 rings (SSSR count). The van der Waals surface area contributed by atoms with Crippen LogP contribution in [-0.4, -0.2) is 11.9 Å². The van der Waals surface area contributed by atoms with Crippen LogP contribution < -0.4 is 0 Å². The van der Waals surface area contributed by atoms with Crippen molar-refractivity contribution in [3.05, 3.63) is 82.7 Å². The number of benzene rings is 1. The van der Waals surface area contributed by atoms with Crippen LogP contribution in [-0.2, 0) is 22.7 Å². The van der Waals surface area contributed by atoms with Gasteiger partial charge in [0, 0.05) is 0 Å². The second-order valence-electron chi connectivity index (χ2n) is 5.75. The average Bonchev–Trinajstić information content (AvgIpc) is 3.26. The first-order valence-corrected chi connectivity index (χ1v) is 8.05. The van der Waals surface area contributed by atoms with Crippen molar-refractivity contribution in [2.45, 2.75) is 27.1 Å². The second kappa shape index (κ2) is 7.74. The third-order valence-corrected chi connectivity index (χ3v) is 3.92. The summed E-state index contributed by atoms with van der Waals surface area (Å²) in [7, 11) is 0. The van der Waals surface area contributed by atoms with Crippen molar-refractivity contribution in [2.75, 3.05) is 0 Å². The zero-order chi connectivity index (χ0) is 18.5. The largest absolute Gasteiger partial charge is 0.469 e. The van der Waals surface area contributed by atoms with Crippen molar-refractivity contribution in [3.8, 4) is 0 Å². The molecule has 0 spiro atoms. The lowest BCUT2D eigenvalue weighted by atomic mass is 10.1. The molecule has 0 amide bonds. The molecule has 0 bridgehead atoms. The van der Waals surface area contributed by atoms with Crippen LogP contribution >= 0.6 is 0 Å². The Kier molecular flexibility index (Phi) is 5.22. The first kappa shape index (κ1) is 17.5. The number of rotatable bonds is 6. The molecule has 0 aliphatic carbocycles. The van der Waals surface area contributed by atoms with E-state index < -0.39 is 11.9 Å². The molecule has 0 aliphatic heterocycles. The standard InChI is InChI=1S/C20H18O6/c1-13-17(7-9-23-13)19(21)25-11-15-3-5-16(6-4-15)12-26-20(22)18-8-10-24-14(18)2/h3-10H,11-12H2,1-2H3. The normalized spacial score (nSPS) is 10.5. The number of aryl methyl sites for hydroxylation is 2. The summed E-state index contributed by atoms with van der Waals surface area (Å²) in [6, 6.07) is 10.4. The maximum atomic E-state index is 11.9. The van der Waals surface area contributed by atoms with Gasteiger partial charge < -0.3 is 18.3 Å². The van der Waals surface area contributed by atoms with Crippen LogP contribution in [0.1, 0.15) is 43.4 Å². The van der Waals surface area contributed by atoms with Crippen LogP contribution in [0, 0.1) is 13.8 Å². The van der Waals surface area contributed by atoms with Crippen molar-refractivity contribution in [2.24, 2.45) is 0 Å². The molecular formula is C20H18O6. The predicted molar refractivity (Wildman–Crippen MR) is 91.6 cm³/mol. The van der Waals surface area contributed by atoms with Gasteiger partial charge in [0.2, 0.25) is 0 Å². The van der Waals surface area contributed by atoms with Gasteiger partial charge in [-0.15, -0.1) is 0 Å². The minimum atomic E-state index is -0.426. The Hall–Kier alpha value is -3.28. The molecule has 3 aromatic rings. The lowest BCUT2D eigenvalue weighted by Crippen LogP contribution is -2.06. The van der Waals surface area contributed by atoms with Crippen LogP contribution in [0.2, 0.25) is 0 Å². The number of ether oxygens (including phenoxy) is 2. The van der Waals surface area contributed by atoms with Gasteiger partial charge in [0.1, 0.15) is 35.9 Å². The van der Waals surface area contributed by atoms with Gasteiger partial charge >= 0.3 is 11.9 Å². The molecular weight excluding hydrogens is 336 g/mol. The average molecular weight is 354 g/mol. The zero-order valence-corrected chi connectivity index (χ0v) is 14.5. The third-order valence-electron chi connectivity index (χ3n) is 3.92. The fourth-order valence-electron chi connectivity index (χ4n) is 2.38. The fraction of sp³-hybridized carbons (Fsp3) is 0.200. The van der Waals surface area contributed by atoms with E-state index in [0.717, 1.165) is 11.1 Å². The lowest BCUT2D eigenvalue weighted by Gasteiger charge is -2.07. The molecule has 0 saturated carbocycles. The number of carbonyl (C=O) groups excluding carboxylic acids is 2. The minimum absolute atomic E-state index is 0.151. The highest BCUT2D eigenvalue weighted by Gasteiger charge is 2.14. The summed E-state index contributed by atoms with van der Waals surface area (Å²) in [4.78, 5) is 23.9. The van der Waals surface area contributed by atoms with Gasteiger partial charge in [0.25, 0.3) is 0 Å². The molecule has 134 valence electrons. The van der Waals surface area contributed by atoms with Crippen molar-refractivity contribution in [1.29, 1.82) is 0 Å². The molecule has 2 aromatic heterocycles. The van der Waals surface area contributed by atoms with E-state index in [1.54, 1.807) is 26.0 Å². The maximum absolute atomic E-state index is 11.9. The molecule has 0 radical (unpaired) electrons. The maximum Gasteiger partial charge on any atom is 0.342 e. The minimum Gasteiger partial charge on any atom is -0.469 e. The summed E-state index contributed by atoms with van der Waals surface area (Å²) in [6.07, 6.45) is 2.90. The van der Waals surface area contributed by atoms with Crippen LogP contribution in [0.25, 0.3) is 0 Å². The topological polar surface area (TPSA) is 78.9 Å². The summed E-state index contributed by atoms with van der Waals surface area (Å²) >= 11 is 0. The Morgan fingerprint density at radius 3 is 1.42 bits per heavy atom. The first-order chi connectivity index (χ1) is 12.5. The molecule has 0 unspecified atom stereocenters. The Balaban J connectivity index is 1.50. The monoisotopic (exact) mass is 354 g/mol. The van der Waals surface area contributed by atoms with Crippen molar-refractivity contribution in [1.82, 2.24) is 0 Å². The van der Waals surface area contributed by atoms with E-state index in [0.29, 0.717) is 22.6 Å². The van der Waals surface area contributed by atoms with Crippen LogP contribution in [0.5, 0.6) is 0 Å². The molecule has 0 aliphatic rings. The quantitative estimate of drug-likeness (QED) is 0.617. The lowest BCUT2D eigenvalue weighted by molar-refractivity contribution is 0.0458. The van der Waals surface area contributed by atoms with E-state index in [4.69, 9.17) is 18.3 Å². The van der Waals surface area contributed by atoms with Crippen molar-refractivity contribution < 1.29 is 27.9 Å². The first-order valence-electron chi connectivity index (χ1n) is 8.05. The number of furan rings is 2. The SMILES string of the molecule is Cc1occc1C(=O)OCc1ccc(COC(=O)c2ccoc2C)cc1. The van der Waals surface area contributed by atoms with E-state index in [2.05, 4.69) is 0 Å². The summed E-state index contributed by atoms with van der Waals surface area (Å²) in [6.45, 7) is 3.71. The van der Waals surface area contributed by atoms with Gasteiger partial charge in [0.05, 0.1) is 12.5 Å². The molecule has 0 N–H and O–H groups in total. The van der Waals surface area contributed by atoms with Crippen LogP contribution in [0.4, 0.5) is 0 Å². The Morgan fingerprint density at radius 1 is 0.731 bits per heavy atom. The number of hydrogen-bond acceptors (Lipinski definition) is 6. The highest BCUT2D eigenvalue weighted by Crippen LogP contribution is 2.14. The van der Waals surface area contributed by atoms with Crippen molar-refractivity contribution >= 4 is 11.9 Å². The summed E-state index contributed by atoms with van der Waals surface area (Å²) in [5.41, 5.74) is 2.51. The van der Waals surface area contributed by atoms with Gasteiger partial charge in [-0.1, -0.05) is 24.3 Å². The van der Waals surface area contributed by atoms with E-state index >= 15 is 0 Å². The van der Waals surface area contributed by atoms with Gasteiger partial charge in [-0.2, -0.15) is 0 Å². The predicted octanol–water partition coefficient (Wildman–Crippen LogP) is 4.20. The van der Waals surface area contributed by atoms with Gasteiger partial charge in [-0.3, -0.25) is 0 Å². The van der Waals surface area contributed by atoms with E-state index in [9.17, 15) is 9.59 Å². The third kappa shape index (κ3) is 4.03. The zero-order valence-electron chi connectivity index (χ0n) is 14.5. The smallest absolute Gasteiger partial charge is 0.342 e. The molecule has 0 atom stereocenters. The second-order valence-corrected chi connectivity index (χ2v) is 5.75. The van der Waals surface area contributed by atoms with Crippen LogP contribution in [0.3, 0.4) is 0 Å². The Morgan fingerprint density at radius 2 is 1.12 bits per heavy atom. The fourth-order valence-corrected chi connectivity index (χ4v) is 2.38. The Bertz CT molecular complexity index is 825. The van der Waals surface area contributed by atoms with Crippen LogP contribution in [0.15, 0.2) is 57.8 Å². The number of carbonyl (C=O) groups is 2. The molecule has 6 nitrogen and oxygen atoms in total. The summed E-state index contributed by atoms with van der Waals surface area (Å²) in [5.74, 6) is 0.203. The molecule has 1 aromatic carbocycles. The highest BCUT2D eigenvalue weighted by atomic mass is 16.5. The summed E-state index contributed by atoms with van der Waals surface area (Å²) < 4.78 is 20.7. The number of hydrogen-bond donors (Lipinski definition) is 0. The van der Waals surface area contributed by atoms with Crippen molar-refractivity contribution in [3.63, 3.8) is 0 Å². The summed E-state index contributed by atoms with van der Waals surface area (Å²) in [5, 5.41) is 0. The van der Waals surface area contributed by atoms with Gasteiger partial charge in [-0.25, -0.2) is 9.59 Å². The van der Waals surface area contributed by atoms with Gasteiger partial charge in [-0.05, 0) is 37.1 Å². The Labute approximate surface area is 150 Å². The molecule has 0 saturated heterocycles.